The molecule has 138 valence electrons. The van der Waals surface area contributed by atoms with Crippen LogP contribution in [0.4, 0.5) is 18.9 Å². The van der Waals surface area contributed by atoms with E-state index in [9.17, 15) is 18.0 Å². The van der Waals surface area contributed by atoms with E-state index in [0.717, 1.165) is 17.5 Å². The molecular formula is C18H19F3N4O. The quantitative estimate of drug-likeness (QED) is 0.612. The Labute approximate surface area is 149 Å². The lowest BCUT2D eigenvalue weighted by Crippen LogP contribution is -2.38. The number of aryl methyl sites for hydroxylation is 5. The number of halogens is 3. The van der Waals surface area contributed by atoms with Crippen LogP contribution in [-0.4, -0.2) is 28.3 Å². The Bertz CT molecular complexity index is 875. The van der Waals surface area contributed by atoms with Gasteiger partial charge in [0.1, 0.15) is 5.69 Å². The molecule has 0 aliphatic rings. The third kappa shape index (κ3) is 4.25. The molecule has 1 aromatic heterocycles. The van der Waals surface area contributed by atoms with Crippen LogP contribution in [0.5, 0.6) is 0 Å². The predicted octanol–water partition coefficient (Wildman–Crippen LogP) is 3.95. The summed E-state index contributed by atoms with van der Waals surface area (Å²) < 4.78 is 39.1. The Hall–Kier alpha value is -2.77. The summed E-state index contributed by atoms with van der Waals surface area (Å²) in [6.45, 7) is 8.63. The molecule has 26 heavy (non-hydrogen) atoms. The Morgan fingerprint density at radius 1 is 1.04 bits per heavy atom. The highest BCUT2D eigenvalue weighted by Crippen LogP contribution is 2.27. The van der Waals surface area contributed by atoms with Crippen molar-refractivity contribution in [2.75, 3.05) is 5.01 Å². The summed E-state index contributed by atoms with van der Waals surface area (Å²) in [6, 6.07) is 4.74. The number of nitrogens with zero attached hydrogens (tertiary/aromatic N) is 4. The molecule has 0 aliphatic carbocycles. The van der Waals surface area contributed by atoms with Gasteiger partial charge in [0.15, 0.2) is 0 Å². The predicted molar refractivity (Wildman–Crippen MR) is 93.3 cm³/mol. The number of benzene rings is 1. The number of carbonyl (C=O) groups excluding carboxylic acids is 1. The minimum Gasteiger partial charge on any atom is -0.262 e. The van der Waals surface area contributed by atoms with E-state index in [0.29, 0.717) is 27.7 Å². The van der Waals surface area contributed by atoms with Crippen LogP contribution in [0.15, 0.2) is 23.3 Å². The van der Waals surface area contributed by atoms with Crippen LogP contribution in [0.2, 0.25) is 0 Å². The van der Waals surface area contributed by atoms with Crippen molar-refractivity contribution in [3.8, 4) is 0 Å². The van der Waals surface area contributed by atoms with Crippen molar-refractivity contribution >= 4 is 17.8 Å². The van der Waals surface area contributed by atoms with Gasteiger partial charge in [-0.3, -0.25) is 9.78 Å². The standard InChI is InChI=1S/C18H19F3N4O/c1-10-6-7-16(11(2)8-10)25(17(26)18(19,20)21)22-9-15-14(5)23-12(3)13(4)24-15/h6-9H,1-5H3/b22-9+. The maximum atomic E-state index is 13.0. The van der Waals surface area contributed by atoms with Crippen molar-refractivity contribution in [1.29, 1.82) is 0 Å². The van der Waals surface area contributed by atoms with E-state index in [1.165, 1.54) is 6.07 Å². The highest BCUT2D eigenvalue weighted by Gasteiger charge is 2.43. The number of aromatic nitrogens is 2. The summed E-state index contributed by atoms with van der Waals surface area (Å²) in [5.74, 6) is -2.07. The molecule has 2 rings (SSSR count). The van der Waals surface area contributed by atoms with Crippen LogP contribution in [0.25, 0.3) is 0 Å². The molecule has 0 N–H and O–H groups in total. The van der Waals surface area contributed by atoms with Crippen LogP contribution in [0.3, 0.4) is 0 Å². The van der Waals surface area contributed by atoms with E-state index < -0.39 is 12.1 Å². The second-order valence-corrected chi connectivity index (χ2v) is 6.01. The zero-order valence-electron chi connectivity index (χ0n) is 15.1. The molecule has 2 aromatic rings. The molecule has 0 spiro atoms. The lowest BCUT2D eigenvalue weighted by Gasteiger charge is -2.20. The highest BCUT2D eigenvalue weighted by molar-refractivity contribution is 5.99. The van der Waals surface area contributed by atoms with Crippen molar-refractivity contribution < 1.29 is 18.0 Å². The largest absolute Gasteiger partial charge is 0.473 e. The number of hydrogen-bond acceptors (Lipinski definition) is 4. The van der Waals surface area contributed by atoms with E-state index in [2.05, 4.69) is 15.1 Å². The van der Waals surface area contributed by atoms with Crippen molar-refractivity contribution in [1.82, 2.24) is 9.97 Å². The Morgan fingerprint density at radius 2 is 1.65 bits per heavy atom. The van der Waals surface area contributed by atoms with Crippen molar-refractivity contribution in [3.05, 3.63) is 52.1 Å². The average molecular weight is 364 g/mol. The average Bonchev–Trinajstić information content (AvgIpc) is 2.52. The number of hydrazone groups is 1. The molecule has 1 amide bonds. The van der Waals surface area contributed by atoms with Crippen molar-refractivity contribution in [3.63, 3.8) is 0 Å². The minimum atomic E-state index is -5.06. The fraction of sp³-hybridized carbons (Fsp3) is 0.333. The monoisotopic (exact) mass is 364 g/mol. The first-order valence-electron chi connectivity index (χ1n) is 7.85. The molecule has 0 radical (unpaired) electrons. The van der Waals surface area contributed by atoms with E-state index in [-0.39, 0.29) is 5.69 Å². The molecule has 5 nitrogen and oxygen atoms in total. The Kier molecular flexibility index (Phi) is 5.44. The zero-order chi connectivity index (χ0) is 19.6. The molecule has 0 bridgehead atoms. The number of hydrogen-bond donors (Lipinski definition) is 0. The molecule has 8 heteroatoms. The molecular weight excluding hydrogens is 345 g/mol. The first-order chi connectivity index (χ1) is 12.0. The number of carbonyl (C=O) groups is 1. The van der Waals surface area contributed by atoms with Gasteiger partial charge >= 0.3 is 12.1 Å². The number of anilines is 1. The van der Waals surface area contributed by atoms with E-state index in [1.807, 2.05) is 6.92 Å². The molecule has 1 heterocycles. The van der Waals surface area contributed by atoms with Crippen LogP contribution >= 0.6 is 0 Å². The maximum absolute atomic E-state index is 13.0. The number of amides is 1. The van der Waals surface area contributed by atoms with Gasteiger partial charge in [-0.05, 0) is 46.2 Å². The van der Waals surface area contributed by atoms with E-state index in [4.69, 9.17) is 0 Å². The molecule has 0 saturated heterocycles. The molecule has 0 unspecified atom stereocenters. The number of rotatable bonds is 3. The summed E-state index contributed by atoms with van der Waals surface area (Å²) >= 11 is 0. The zero-order valence-corrected chi connectivity index (χ0v) is 15.1. The summed E-state index contributed by atoms with van der Waals surface area (Å²) in [5, 5.41) is 4.14. The molecule has 0 aliphatic heterocycles. The molecule has 0 saturated carbocycles. The third-order valence-corrected chi connectivity index (χ3v) is 3.83. The second kappa shape index (κ2) is 7.23. The van der Waals surface area contributed by atoms with Gasteiger partial charge in [0, 0.05) is 0 Å². The molecule has 0 fully saturated rings. The van der Waals surface area contributed by atoms with Crippen LogP contribution < -0.4 is 5.01 Å². The highest BCUT2D eigenvalue weighted by atomic mass is 19.4. The molecule has 0 atom stereocenters. The first kappa shape index (κ1) is 19.6. The minimum absolute atomic E-state index is 0.0589. The Balaban J connectivity index is 2.52. The summed E-state index contributed by atoms with van der Waals surface area (Å²) in [4.78, 5) is 20.4. The van der Waals surface area contributed by atoms with Crippen molar-refractivity contribution in [2.24, 2.45) is 5.10 Å². The summed E-state index contributed by atoms with van der Waals surface area (Å²) in [7, 11) is 0. The van der Waals surface area contributed by atoms with Gasteiger partial charge in [-0.1, -0.05) is 17.7 Å². The van der Waals surface area contributed by atoms with Gasteiger partial charge in [-0.25, -0.2) is 4.98 Å². The van der Waals surface area contributed by atoms with Crippen LogP contribution in [0, 0.1) is 34.6 Å². The summed E-state index contributed by atoms with van der Waals surface area (Å²) in [5.41, 5.74) is 3.60. The topological polar surface area (TPSA) is 58.5 Å². The van der Waals surface area contributed by atoms with Crippen LogP contribution in [0.1, 0.15) is 33.9 Å². The van der Waals surface area contributed by atoms with Gasteiger partial charge in [-0.15, -0.1) is 0 Å². The first-order valence-corrected chi connectivity index (χ1v) is 7.85. The summed E-state index contributed by atoms with van der Waals surface area (Å²) in [6.07, 6.45) is -3.93. The van der Waals surface area contributed by atoms with Crippen molar-refractivity contribution in [2.45, 2.75) is 40.8 Å². The SMILES string of the molecule is Cc1ccc(N(/N=C/c2nc(C)c(C)nc2C)C(=O)C(F)(F)F)c(C)c1. The van der Waals surface area contributed by atoms with Gasteiger partial charge in [-0.2, -0.15) is 23.3 Å². The second-order valence-electron chi connectivity index (χ2n) is 6.01. The number of alkyl halides is 3. The van der Waals surface area contributed by atoms with E-state index >= 15 is 0 Å². The van der Waals surface area contributed by atoms with E-state index in [1.54, 1.807) is 39.8 Å². The van der Waals surface area contributed by atoms with Gasteiger partial charge in [0.05, 0.1) is 29.0 Å². The van der Waals surface area contributed by atoms with Gasteiger partial charge < -0.3 is 0 Å². The third-order valence-electron chi connectivity index (χ3n) is 3.83. The lowest BCUT2D eigenvalue weighted by molar-refractivity contribution is -0.170. The van der Waals surface area contributed by atoms with Gasteiger partial charge in [0.25, 0.3) is 0 Å². The Morgan fingerprint density at radius 3 is 2.23 bits per heavy atom. The fourth-order valence-electron chi connectivity index (χ4n) is 2.35. The van der Waals surface area contributed by atoms with Gasteiger partial charge in [0.2, 0.25) is 0 Å². The fourth-order valence-corrected chi connectivity index (χ4v) is 2.35. The lowest BCUT2D eigenvalue weighted by atomic mass is 10.1. The molecule has 1 aromatic carbocycles. The van der Waals surface area contributed by atoms with Crippen LogP contribution in [-0.2, 0) is 4.79 Å². The normalized spacial score (nSPS) is 11.8. The maximum Gasteiger partial charge on any atom is 0.473 e. The smallest absolute Gasteiger partial charge is 0.262 e.